The molecule has 63 heavy (non-hydrogen) atoms. The Morgan fingerprint density at radius 3 is 1.65 bits per heavy atom. The molecule has 2 aliphatic heterocycles. The molecule has 0 fully saturated rings. The Hall–Kier alpha value is -6.38. The number of aromatic nitrogens is 6. The molecule has 0 bridgehead atoms. The first-order chi connectivity index (χ1) is 30.4. The standard InChI is InChI=1S/C47H48Cl2N10O4/c1-7-50-42(60)23-38-46-56-55-29(5)59(46)41-19-17-35(22-37(41)45(52-38)31-10-14-33(49)15-11-31)63-27(3)20-26(2)25-51-43(61)24-39-47-57-54-28(4)58(47)40-18-16-34(62-6)21-36(40)44(53-39)30-8-12-32(48)13-9-30/h8-19,21-22,26-27,38-39H,7,20,23-25H2,1-6H3,(H,50,60)(H,51,61)/t26?,27?,38-,39-/m0/s1. The van der Waals surface area contributed by atoms with Crippen molar-refractivity contribution in [1.82, 2.24) is 40.2 Å². The van der Waals surface area contributed by atoms with Crippen molar-refractivity contribution in [3.05, 3.63) is 141 Å². The van der Waals surface area contributed by atoms with E-state index in [0.29, 0.717) is 75.8 Å². The molecule has 0 aliphatic carbocycles. The summed E-state index contributed by atoms with van der Waals surface area (Å²) in [5.74, 6) is 3.61. The van der Waals surface area contributed by atoms with Crippen molar-refractivity contribution in [3.8, 4) is 22.9 Å². The predicted molar refractivity (Wildman–Crippen MR) is 243 cm³/mol. The zero-order chi connectivity index (χ0) is 44.4. The van der Waals surface area contributed by atoms with Gasteiger partial charge in [-0.1, -0.05) is 54.4 Å². The first-order valence-electron chi connectivity index (χ1n) is 21.0. The van der Waals surface area contributed by atoms with Gasteiger partial charge in [-0.25, -0.2) is 0 Å². The molecule has 2 N–H and O–H groups in total. The molecule has 2 unspecified atom stereocenters. The van der Waals surface area contributed by atoms with Crippen LogP contribution in [0.4, 0.5) is 0 Å². The molecule has 4 atom stereocenters. The molecule has 4 heterocycles. The fourth-order valence-electron chi connectivity index (χ4n) is 8.21. The van der Waals surface area contributed by atoms with E-state index in [1.54, 1.807) is 7.11 Å². The number of fused-ring (bicyclic) bond motifs is 6. The number of ether oxygens (including phenoxy) is 2. The number of aliphatic imine (C=N–C) groups is 2. The maximum absolute atomic E-state index is 13.8. The molecular weight excluding hydrogens is 839 g/mol. The van der Waals surface area contributed by atoms with Gasteiger partial charge in [-0.3, -0.25) is 28.7 Å². The van der Waals surface area contributed by atoms with Gasteiger partial charge in [0.05, 0.1) is 48.9 Å². The van der Waals surface area contributed by atoms with E-state index in [0.717, 1.165) is 33.6 Å². The van der Waals surface area contributed by atoms with Gasteiger partial charge in [0.15, 0.2) is 11.6 Å². The zero-order valence-corrected chi connectivity index (χ0v) is 37.4. The first-order valence-corrected chi connectivity index (χ1v) is 21.7. The first kappa shape index (κ1) is 43.3. The number of benzene rings is 4. The van der Waals surface area contributed by atoms with E-state index >= 15 is 0 Å². The molecule has 0 saturated heterocycles. The van der Waals surface area contributed by atoms with Crippen molar-refractivity contribution in [2.45, 2.75) is 72.1 Å². The predicted octanol–water partition coefficient (Wildman–Crippen LogP) is 8.09. The van der Waals surface area contributed by atoms with E-state index in [9.17, 15) is 9.59 Å². The fraction of sp³-hybridized carbons (Fsp3) is 0.319. The molecule has 4 aromatic carbocycles. The van der Waals surface area contributed by atoms with E-state index in [1.807, 2.05) is 122 Å². The highest BCUT2D eigenvalue weighted by molar-refractivity contribution is 6.31. The molecule has 14 nitrogen and oxygen atoms in total. The Morgan fingerprint density at radius 2 is 1.16 bits per heavy atom. The van der Waals surface area contributed by atoms with E-state index in [-0.39, 0.29) is 36.7 Å². The maximum atomic E-state index is 13.8. The lowest BCUT2D eigenvalue weighted by Crippen LogP contribution is -2.31. The van der Waals surface area contributed by atoms with E-state index in [2.05, 4.69) is 38.0 Å². The van der Waals surface area contributed by atoms with Gasteiger partial charge in [-0.05, 0) is 101 Å². The van der Waals surface area contributed by atoms with E-state index in [1.165, 1.54) is 0 Å². The molecular formula is C47H48Cl2N10O4. The molecule has 6 aromatic rings. The Bertz CT molecular complexity index is 2730. The van der Waals surface area contributed by atoms with Crippen LogP contribution in [0.25, 0.3) is 11.4 Å². The summed E-state index contributed by atoms with van der Waals surface area (Å²) in [5.41, 5.74) is 6.37. The molecule has 16 heteroatoms. The summed E-state index contributed by atoms with van der Waals surface area (Å²) in [5, 5.41) is 25.0. The monoisotopic (exact) mass is 886 g/mol. The lowest BCUT2D eigenvalue weighted by atomic mass is 9.99. The average Bonchev–Trinajstić information content (AvgIpc) is 3.77. The van der Waals surface area contributed by atoms with Gasteiger partial charge in [0, 0.05) is 45.4 Å². The largest absolute Gasteiger partial charge is 0.497 e. The van der Waals surface area contributed by atoms with Crippen LogP contribution in [-0.4, -0.2) is 79.1 Å². The maximum Gasteiger partial charge on any atom is 0.222 e. The molecule has 0 saturated carbocycles. The van der Waals surface area contributed by atoms with Crippen molar-refractivity contribution in [3.63, 3.8) is 0 Å². The third kappa shape index (κ3) is 9.23. The Balaban J connectivity index is 0.987. The van der Waals surface area contributed by atoms with Crippen LogP contribution in [0.5, 0.6) is 11.5 Å². The topological polar surface area (TPSA) is 163 Å². The summed E-state index contributed by atoms with van der Waals surface area (Å²) in [6.07, 6.45) is 0.615. The molecule has 324 valence electrons. The number of hydrogen-bond acceptors (Lipinski definition) is 10. The summed E-state index contributed by atoms with van der Waals surface area (Å²) in [6, 6.07) is 25.4. The highest BCUT2D eigenvalue weighted by Gasteiger charge is 2.32. The second-order valence-corrected chi connectivity index (χ2v) is 16.8. The molecule has 2 amide bonds. The third-order valence-corrected chi connectivity index (χ3v) is 11.6. The Kier molecular flexibility index (Phi) is 12.7. The van der Waals surface area contributed by atoms with Gasteiger partial charge in [0.2, 0.25) is 11.8 Å². The summed E-state index contributed by atoms with van der Waals surface area (Å²) in [6.45, 7) is 10.7. The highest BCUT2D eigenvalue weighted by atomic mass is 35.5. The quantitative estimate of drug-likeness (QED) is 0.111. The van der Waals surface area contributed by atoms with E-state index in [4.69, 9.17) is 42.7 Å². The van der Waals surface area contributed by atoms with Crippen molar-refractivity contribution in [1.29, 1.82) is 0 Å². The third-order valence-electron chi connectivity index (χ3n) is 11.1. The van der Waals surface area contributed by atoms with Gasteiger partial charge >= 0.3 is 0 Å². The molecule has 0 spiro atoms. The van der Waals surface area contributed by atoms with Crippen LogP contribution in [0.15, 0.2) is 94.9 Å². The molecule has 8 rings (SSSR count). The second kappa shape index (κ2) is 18.5. The lowest BCUT2D eigenvalue weighted by molar-refractivity contribution is -0.122. The summed E-state index contributed by atoms with van der Waals surface area (Å²) in [7, 11) is 1.63. The number of nitrogens with zero attached hydrogens (tertiary/aromatic N) is 8. The minimum absolute atomic E-state index is 0.0590. The fourth-order valence-corrected chi connectivity index (χ4v) is 8.46. The Morgan fingerprint density at radius 1 is 0.683 bits per heavy atom. The number of rotatable bonds is 14. The summed E-state index contributed by atoms with van der Waals surface area (Å²) in [4.78, 5) is 37.0. The van der Waals surface area contributed by atoms with Crippen LogP contribution in [0.2, 0.25) is 10.0 Å². The molecule has 2 aliphatic rings. The van der Waals surface area contributed by atoms with Crippen LogP contribution in [0, 0.1) is 19.8 Å². The summed E-state index contributed by atoms with van der Waals surface area (Å²) >= 11 is 12.6. The lowest BCUT2D eigenvalue weighted by Gasteiger charge is -2.21. The van der Waals surface area contributed by atoms with Crippen LogP contribution in [0.3, 0.4) is 0 Å². The average molecular weight is 888 g/mol. The molecule has 0 radical (unpaired) electrons. The Labute approximate surface area is 375 Å². The summed E-state index contributed by atoms with van der Waals surface area (Å²) < 4.78 is 16.1. The zero-order valence-electron chi connectivity index (χ0n) is 35.9. The van der Waals surface area contributed by atoms with Crippen LogP contribution >= 0.6 is 23.2 Å². The number of nitrogens with one attached hydrogen (secondary N) is 2. The smallest absolute Gasteiger partial charge is 0.222 e. The number of hydrogen-bond donors (Lipinski definition) is 2. The van der Waals surface area contributed by atoms with Crippen molar-refractivity contribution >= 4 is 46.4 Å². The van der Waals surface area contributed by atoms with Crippen molar-refractivity contribution in [2.24, 2.45) is 15.9 Å². The minimum atomic E-state index is -0.621. The number of halogens is 2. The number of amides is 2. The van der Waals surface area contributed by atoms with Crippen LogP contribution < -0.4 is 20.1 Å². The van der Waals surface area contributed by atoms with Gasteiger partial charge < -0.3 is 20.1 Å². The second-order valence-electron chi connectivity index (χ2n) is 15.9. The van der Waals surface area contributed by atoms with Gasteiger partial charge in [0.25, 0.3) is 0 Å². The number of methoxy groups -OCH3 is 1. The van der Waals surface area contributed by atoms with Gasteiger partial charge in [0.1, 0.15) is 35.2 Å². The van der Waals surface area contributed by atoms with Crippen molar-refractivity contribution < 1.29 is 19.1 Å². The highest BCUT2D eigenvalue weighted by Crippen LogP contribution is 2.37. The normalized spacial score (nSPS) is 16.1. The van der Waals surface area contributed by atoms with Crippen molar-refractivity contribution in [2.75, 3.05) is 20.2 Å². The number of carbonyl (C=O) groups is 2. The van der Waals surface area contributed by atoms with Crippen LogP contribution in [-0.2, 0) is 9.59 Å². The molecule has 2 aromatic heterocycles. The number of carbonyl (C=O) groups excluding carboxylic acids is 2. The number of aryl methyl sites for hydroxylation is 2. The van der Waals surface area contributed by atoms with Crippen LogP contribution in [0.1, 0.15) is 97.7 Å². The van der Waals surface area contributed by atoms with Gasteiger partial charge in [-0.2, -0.15) is 0 Å². The van der Waals surface area contributed by atoms with E-state index < -0.39 is 12.1 Å². The SMILES string of the molecule is CCNC(=O)C[C@@H]1N=C(c2ccc(Cl)cc2)c2cc(OC(C)CC(C)CNC(=O)C[C@@H]3N=C(c4ccc(Cl)cc4)c4cc(OC)ccc4-n4c(C)nnc43)ccc2-n2c(C)nnc21. The van der Waals surface area contributed by atoms with Gasteiger partial charge in [-0.15, -0.1) is 20.4 Å². The minimum Gasteiger partial charge on any atom is -0.497 e.